The fourth-order valence-electron chi connectivity index (χ4n) is 3.71. The molecular formula is C23H32F3N3O3. The SMILES string of the molecule is C=C1C=C(OC)C=C(N2CCC(CC(F)(F)F)CC2)C1=N/C=C(\C)C(=O)N[C@@H](C)COC. The molecule has 0 aromatic rings. The molecule has 0 aromatic heterocycles. The maximum Gasteiger partial charge on any atom is 0.389 e. The average Bonchev–Trinajstić information content (AvgIpc) is 2.71. The molecule has 0 aromatic carbocycles. The fraction of sp³-hybridized carbons (Fsp3) is 0.565. The minimum absolute atomic E-state index is 0.145. The van der Waals surface area contributed by atoms with E-state index < -0.39 is 12.6 Å². The zero-order chi connectivity index (χ0) is 23.9. The van der Waals surface area contributed by atoms with E-state index in [2.05, 4.69) is 16.9 Å². The lowest BCUT2D eigenvalue weighted by molar-refractivity contribution is -0.147. The van der Waals surface area contributed by atoms with Gasteiger partial charge in [0, 0.05) is 50.5 Å². The van der Waals surface area contributed by atoms with E-state index in [1.165, 1.54) is 6.20 Å². The standard InChI is InChI=1S/C23H32F3N3O3/c1-15-10-19(32-5)11-20(29-8-6-18(7-9-29)12-23(24,25)26)21(15)27-13-16(2)22(30)28-17(3)14-31-4/h10-11,13,17-18H,1,6-9,12,14H2,2-5H3,(H,28,30)/b16-13+,27-21?/t17-/m0/s1. The summed E-state index contributed by atoms with van der Waals surface area (Å²) in [6, 6.07) is -0.145. The molecule has 2 aliphatic rings. The van der Waals surface area contributed by atoms with Crippen LogP contribution in [0.4, 0.5) is 13.2 Å². The van der Waals surface area contributed by atoms with E-state index in [0.29, 0.717) is 55.2 Å². The number of likely N-dealkylation sites (tertiary alicyclic amines) is 1. The van der Waals surface area contributed by atoms with Crippen LogP contribution in [0.25, 0.3) is 0 Å². The molecule has 0 saturated carbocycles. The number of ether oxygens (including phenoxy) is 2. The lowest BCUT2D eigenvalue weighted by atomic mass is 9.91. The third-order valence-electron chi connectivity index (χ3n) is 5.39. The van der Waals surface area contributed by atoms with E-state index in [4.69, 9.17) is 9.47 Å². The molecule has 2 rings (SSSR count). The summed E-state index contributed by atoms with van der Waals surface area (Å²) in [5, 5.41) is 2.82. The van der Waals surface area contributed by atoms with Gasteiger partial charge in [-0.05, 0) is 44.3 Å². The van der Waals surface area contributed by atoms with Crippen LogP contribution in [-0.4, -0.2) is 62.7 Å². The minimum Gasteiger partial charge on any atom is -0.497 e. The Kier molecular flexibility index (Phi) is 9.12. The van der Waals surface area contributed by atoms with Crippen LogP contribution in [-0.2, 0) is 14.3 Å². The second-order valence-electron chi connectivity index (χ2n) is 8.18. The fourth-order valence-corrected chi connectivity index (χ4v) is 3.71. The highest BCUT2D eigenvalue weighted by atomic mass is 19.4. The summed E-state index contributed by atoms with van der Waals surface area (Å²) in [4.78, 5) is 18.9. The Morgan fingerprint density at radius 1 is 1.34 bits per heavy atom. The van der Waals surface area contributed by atoms with Crippen LogP contribution in [0, 0.1) is 5.92 Å². The second kappa shape index (κ2) is 11.4. The van der Waals surface area contributed by atoms with Crippen molar-refractivity contribution in [3.05, 3.63) is 47.5 Å². The number of allylic oxidation sites excluding steroid dienone is 3. The van der Waals surface area contributed by atoms with Gasteiger partial charge >= 0.3 is 6.18 Å². The van der Waals surface area contributed by atoms with Gasteiger partial charge in [0.15, 0.2) is 0 Å². The van der Waals surface area contributed by atoms with Crippen LogP contribution in [0.1, 0.15) is 33.1 Å². The summed E-state index contributed by atoms with van der Waals surface area (Å²) < 4.78 is 48.6. The Morgan fingerprint density at radius 3 is 2.56 bits per heavy atom. The molecule has 0 spiro atoms. The van der Waals surface area contributed by atoms with Crippen molar-refractivity contribution in [2.75, 3.05) is 33.9 Å². The Bertz CT molecular complexity index is 820. The van der Waals surface area contributed by atoms with Gasteiger partial charge in [-0.3, -0.25) is 9.79 Å². The Balaban J connectivity index is 2.18. The first-order valence-electron chi connectivity index (χ1n) is 10.6. The quantitative estimate of drug-likeness (QED) is 0.559. The van der Waals surface area contributed by atoms with Crippen molar-refractivity contribution in [1.82, 2.24) is 10.2 Å². The van der Waals surface area contributed by atoms with E-state index in [9.17, 15) is 18.0 Å². The molecule has 9 heteroatoms. The predicted molar refractivity (Wildman–Crippen MR) is 118 cm³/mol. The largest absolute Gasteiger partial charge is 0.497 e. The number of nitrogens with one attached hydrogen (secondary N) is 1. The summed E-state index contributed by atoms with van der Waals surface area (Å²) in [7, 11) is 3.11. The number of rotatable bonds is 8. The number of amides is 1. The van der Waals surface area contributed by atoms with Crippen LogP contribution in [0.3, 0.4) is 0 Å². The summed E-state index contributed by atoms with van der Waals surface area (Å²) >= 11 is 0. The molecular weight excluding hydrogens is 423 g/mol. The van der Waals surface area contributed by atoms with Crippen molar-refractivity contribution < 1.29 is 27.4 Å². The number of piperidine rings is 1. The normalized spacial score (nSPS) is 20.7. The zero-order valence-electron chi connectivity index (χ0n) is 19.1. The van der Waals surface area contributed by atoms with Gasteiger partial charge in [0.1, 0.15) is 5.76 Å². The van der Waals surface area contributed by atoms with Gasteiger partial charge in [-0.1, -0.05) is 6.58 Å². The molecule has 32 heavy (non-hydrogen) atoms. The van der Waals surface area contributed by atoms with E-state index in [1.807, 2.05) is 17.9 Å². The van der Waals surface area contributed by atoms with Crippen molar-refractivity contribution in [2.24, 2.45) is 10.9 Å². The number of nitrogens with zero attached hydrogens (tertiary/aromatic N) is 2. The lowest BCUT2D eigenvalue weighted by Crippen LogP contribution is -2.38. The molecule has 1 fully saturated rings. The summed E-state index contributed by atoms with van der Waals surface area (Å²) in [6.45, 7) is 8.90. The average molecular weight is 456 g/mol. The Morgan fingerprint density at radius 2 is 2.00 bits per heavy atom. The summed E-state index contributed by atoms with van der Waals surface area (Å²) in [5.41, 5.74) is 2.32. The second-order valence-corrected chi connectivity index (χ2v) is 8.18. The summed E-state index contributed by atoms with van der Waals surface area (Å²) in [5.74, 6) is -0.0449. The van der Waals surface area contributed by atoms with Crippen molar-refractivity contribution in [2.45, 2.75) is 45.3 Å². The number of carbonyl (C=O) groups is 1. The maximum absolute atomic E-state index is 12.7. The molecule has 1 N–H and O–H groups in total. The van der Waals surface area contributed by atoms with Crippen molar-refractivity contribution in [3.63, 3.8) is 0 Å². The van der Waals surface area contributed by atoms with E-state index in [0.717, 1.165) is 5.70 Å². The van der Waals surface area contributed by atoms with Crippen LogP contribution in [0.2, 0.25) is 0 Å². The maximum atomic E-state index is 12.7. The molecule has 1 amide bonds. The van der Waals surface area contributed by atoms with E-state index in [1.54, 1.807) is 27.2 Å². The highest BCUT2D eigenvalue weighted by Gasteiger charge is 2.34. The van der Waals surface area contributed by atoms with Gasteiger partial charge in [0.25, 0.3) is 0 Å². The first-order valence-corrected chi connectivity index (χ1v) is 10.6. The molecule has 0 unspecified atom stereocenters. The number of aliphatic imine (C=N–C) groups is 1. The third-order valence-corrected chi connectivity index (χ3v) is 5.39. The molecule has 1 saturated heterocycles. The smallest absolute Gasteiger partial charge is 0.389 e. The number of alkyl halides is 3. The van der Waals surface area contributed by atoms with Crippen LogP contribution in [0.15, 0.2) is 52.5 Å². The number of hydrogen-bond acceptors (Lipinski definition) is 5. The van der Waals surface area contributed by atoms with Crippen LogP contribution >= 0.6 is 0 Å². The minimum atomic E-state index is -4.15. The summed E-state index contributed by atoms with van der Waals surface area (Å²) in [6.07, 6.45) is 1.01. The highest BCUT2D eigenvalue weighted by Crippen LogP contribution is 2.33. The monoisotopic (exact) mass is 455 g/mol. The molecule has 1 atom stereocenters. The van der Waals surface area contributed by atoms with Gasteiger partial charge in [0.05, 0.1) is 25.1 Å². The molecule has 0 radical (unpaired) electrons. The number of hydrogen-bond donors (Lipinski definition) is 1. The van der Waals surface area contributed by atoms with Gasteiger partial charge in [-0.25, -0.2) is 0 Å². The molecule has 0 bridgehead atoms. The number of carbonyl (C=O) groups excluding carboxylic acids is 1. The molecule has 178 valence electrons. The van der Waals surface area contributed by atoms with E-state index in [-0.39, 0.29) is 17.9 Å². The zero-order valence-corrected chi connectivity index (χ0v) is 19.1. The van der Waals surface area contributed by atoms with Crippen LogP contribution < -0.4 is 5.32 Å². The first kappa shape index (κ1) is 25.7. The van der Waals surface area contributed by atoms with E-state index >= 15 is 0 Å². The predicted octanol–water partition coefficient (Wildman–Crippen LogP) is 4.13. The number of halogens is 3. The van der Waals surface area contributed by atoms with Gasteiger partial charge in [-0.2, -0.15) is 13.2 Å². The topological polar surface area (TPSA) is 63.2 Å². The molecule has 1 heterocycles. The van der Waals surface area contributed by atoms with Crippen LogP contribution in [0.5, 0.6) is 0 Å². The third kappa shape index (κ3) is 7.55. The molecule has 1 aliphatic carbocycles. The first-order chi connectivity index (χ1) is 15.0. The Hall–Kier alpha value is -2.55. The lowest BCUT2D eigenvalue weighted by Gasteiger charge is -2.36. The molecule has 1 aliphatic heterocycles. The van der Waals surface area contributed by atoms with Crippen molar-refractivity contribution in [3.8, 4) is 0 Å². The van der Waals surface area contributed by atoms with Crippen molar-refractivity contribution >= 4 is 11.6 Å². The number of methoxy groups -OCH3 is 2. The van der Waals surface area contributed by atoms with Gasteiger partial charge in [-0.15, -0.1) is 0 Å². The van der Waals surface area contributed by atoms with Gasteiger partial charge in [0.2, 0.25) is 5.91 Å². The van der Waals surface area contributed by atoms with Crippen molar-refractivity contribution in [1.29, 1.82) is 0 Å². The molecule has 6 nitrogen and oxygen atoms in total. The Labute approximate surface area is 187 Å². The highest BCUT2D eigenvalue weighted by molar-refractivity contribution is 6.15. The van der Waals surface area contributed by atoms with Gasteiger partial charge < -0.3 is 19.7 Å².